The number of allylic oxidation sites excluding steroid dienone is 1. The second kappa shape index (κ2) is 8.42. The summed E-state index contributed by atoms with van der Waals surface area (Å²) in [6.07, 6.45) is 5.24. The molecule has 0 aromatic carbocycles. The van der Waals surface area contributed by atoms with E-state index in [9.17, 15) is 9.90 Å². The molecule has 0 saturated carbocycles. The van der Waals surface area contributed by atoms with Crippen molar-refractivity contribution in [3.8, 4) is 0 Å². The summed E-state index contributed by atoms with van der Waals surface area (Å²) >= 11 is 0. The van der Waals surface area contributed by atoms with Gasteiger partial charge in [-0.05, 0) is 25.0 Å². The van der Waals surface area contributed by atoms with Crippen LogP contribution in [0.5, 0.6) is 0 Å². The van der Waals surface area contributed by atoms with Gasteiger partial charge < -0.3 is 10.4 Å². The van der Waals surface area contributed by atoms with Crippen molar-refractivity contribution in [2.45, 2.75) is 19.3 Å². The number of amides is 1. The number of aliphatic hydroxyl groups excluding tert-OH is 1. The van der Waals surface area contributed by atoms with Crippen LogP contribution in [0.1, 0.15) is 18.5 Å². The van der Waals surface area contributed by atoms with Gasteiger partial charge in [0.2, 0.25) is 5.91 Å². The molecule has 1 atom stereocenters. The van der Waals surface area contributed by atoms with Crippen LogP contribution in [-0.2, 0) is 11.2 Å². The standard InChI is InChI=1S/C14H20N2O2/c1-2-3-7-14(18)16-10-12(11-17)9-13-6-4-5-8-15-13/h2,4-6,8,12,17H,1,3,7,9-11H2,(H,16,18). The van der Waals surface area contributed by atoms with Crippen LogP contribution in [0.2, 0.25) is 0 Å². The summed E-state index contributed by atoms with van der Waals surface area (Å²) in [6.45, 7) is 4.09. The highest BCUT2D eigenvalue weighted by Crippen LogP contribution is 2.05. The molecule has 1 unspecified atom stereocenters. The van der Waals surface area contributed by atoms with Crippen LogP contribution in [-0.4, -0.2) is 29.1 Å². The van der Waals surface area contributed by atoms with Crippen molar-refractivity contribution in [2.24, 2.45) is 5.92 Å². The molecule has 0 radical (unpaired) electrons. The van der Waals surface area contributed by atoms with Gasteiger partial charge in [-0.2, -0.15) is 0 Å². The number of hydrogen-bond donors (Lipinski definition) is 2. The number of nitrogens with zero attached hydrogens (tertiary/aromatic N) is 1. The van der Waals surface area contributed by atoms with Crippen molar-refractivity contribution in [3.63, 3.8) is 0 Å². The number of aromatic nitrogens is 1. The van der Waals surface area contributed by atoms with E-state index in [1.165, 1.54) is 0 Å². The summed E-state index contributed by atoms with van der Waals surface area (Å²) in [5.74, 6) is 0.00181. The molecule has 1 heterocycles. The molecule has 0 aliphatic rings. The molecule has 1 aromatic heterocycles. The largest absolute Gasteiger partial charge is 0.396 e. The molecule has 1 rings (SSSR count). The molecular formula is C14H20N2O2. The third-order valence-electron chi connectivity index (χ3n) is 2.65. The van der Waals surface area contributed by atoms with Crippen molar-refractivity contribution in [1.82, 2.24) is 10.3 Å². The highest BCUT2D eigenvalue weighted by molar-refractivity contribution is 5.75. The Kier molecular flexibility index (Phi) is 6.72. The van der Waals surface area contributed by atoms with Crippen LogP contribution in [0, 0.1) is 5.92 Å². The van der Waals surface area contributed by atoms with E-state index in [1.54, 1.807) is 12.3 Å². The summed E-state index contributed by atoms with van der Waals surface area (Å²) in [5, 5.41) is 12.1. The van der Waals surface area contributed by atoms with Gasteiger partial charge in [-0.1, -0.05) is 12.1 Å². The number of rotatable bonds is 8. The topological polar surface area (TPSA) is 62.2 Å². The predicted molar refractivity (Wildman–Crippen MR) is 71.0 cm³/mol. The minimum absolute atomic E-state index is 0.00521. The zero-order valence-corrected chi connectivity index (χ0v) is 10.5. The molecule has 2 N–H and O–H groups in total. The minimum atomic E-state index is -0.00521. The maximum absolute atomic E-state index is 11.4. The smallest absolute Gasteiger partial charge is 0.220 e. The van der Waals surface area contributed by atoms with E-state index in [4.69, 9.17) is 0 Å². The number of pyridine rings is 1. The van der Waals surface area contributed by atoms with Gasteiger partial charge in [-0.25, -0.2) is 0 Å². The predicted octanol–water partition coefficient (Wildman–Crippen LogP) is 1.31. The fraction of sp³-hybridized carbons (Fsp3) is 0.429. The second-order valence-electron chi connectivity index (χ2n) is 4.21. The van der Waals surface area contributed by atoms with E-state index < -0.39 is 0 Å². The van der Waals surface area contributed by atoms with Crippen LogP contribution in [0.25, 0.3) is 0 Å². The summed E-state index contributed by atoms with van der Waals surface area (Å²) in [4.78, 5) is 15.6. The van der Waals surface area contributed by atoms with E-state index in [-0.39, 0.29) is 18.4 Å². The first-order valence-corrected chi connectivity index (χ1v) is 6.14. The first kappa shape index (κ1) is 14.4. The van der Waals surface area contributed by atoms with E-state index in [2.05, 4.69) is 16.9 Å². The van der Waals surface area contributed by atoms with Gasteiger partial charge in [0.25, 0.3) is 0 Å². The van der Waals surface area contributed by atoms with Gasteiger partial charge in [-0.3, -0.25) is 9.78 Å². The van der Waals surface area contributed by atoms with Crippen molar-refractivity contribution >= 4 is 5.91 Å². The maximum Gasteiger partial charge on any atom is 0.220 e. The van der Waals surface area contributed by atoms with Crippen molar-refractivity contribution in [1.29, 1.82) is 0 Å². The fourth-order valence-corrected chi connectivity index (χ4v) is 1.60. The molecule has 0 saturated heterocycles. The lowest BCUT2D eigenvalue weighted by molar-refractivity contribution is -0.121. The van der Waals surface area contributed by atoms with Crippen LogP contribution in [0.3, 0.4) is 0 Å². The molecule has 0 bridgehead atoms. The lowest BCUT2D eigenvalue weighted by Crippen LogP contribution is -2.31. The van der Waals surface area contributed by atoms with Gasteiger partial charge in [0.15, 0.2) is 0 Å². The molecule has 0 spiro atoms. The molecule has 0 aliphatic heterocycles. The van der Waals surface area contributed by atoms with Gasteiger partial charge in [0.1, 0.15) is 0 Å². The Morgan fingerprint density at radius 2 is 2.39 bits per heavy atom. The van der Waals surface area contributed by atoms with Crippen molar-refractivity contribution in [2.75, 3.05) is 13.2 Å². The third kappa shape index (κ3) is 5.59. The summed E-state index contributed by atoms with van der Waals surface area (Å²) in [6, 6.07) is 5.69. The highest BCUT2D eigenvalue weighted by atomic mass is 16.3. The molecular weight excluding hydrogens is 228 g/mol. The number of carbonyl (C=O) groups excluding carboxylic acids is 1. The van der Waals surface area contributed by atoms with E-state index >= 15 is 0 Å². The van der Waals surface area contributed by atoms with Gasteiger partial charge in [-0.15, -0.1) is 6.58 Å². The van der Waals surface area contributed by atoms with E-state index in [0.717, 1.165) is 5.69 Å². The Morgan fingerprint density at radius 3 is 3.00 bits per heavy atom. The molecule has 0 fully saturated rings. The average Bonchev–Trinajstić information content (AvgIpc) is 2.42. The molecule has 0 aliphatic carbocycles. The van der Waals surface area contributed by atoms with Crippen LogP contribution in [0.15, 0.2) is 37.1 Å². The molecule has 1 aromatic rings. The highest BCUT2D eigenvalue weighted by Gasteiger charge is 2.10. The first-order chi connectivity index (χ1) is 8.76. The lowest BCUT2D eigenvalue weighted by atomic mass is 10.0. The monoisotopic (exact) mass is 248 g/mol. The van der Waals surface area contributed by atoms with Crippen LogP contribution >= 0.6 is 0 Å². The van der Waals surface area contributed by atoms with E-state index in [1.807, 2.05) is 18.2 Å². The Hall–Kier alpha value is -1.68. The Labute approximate surface area is 108 Å². The van der Waals surface area contributed by atoms with Crippen LogP contribution in [0.4, 0.5) is 0 Å². The summed E-state index contributed by atoms with van der Waals surface area (Å²) in [5.41, 5.74) is 0.928. The zero-order chi connectivity index (χ0) is 13.2. The van der Waals surface area contributed by atoms with Gasteiger partial charge in [0.05, 0.1) is 0 Å². The summed E-state index contributed by atoms with van der Waals surface area (Å²) in [7, 11) is 0. The van der Waals surface area contributed by atoms with Gasteiger partial charge in [0, 0.05) is 37.4 Å². The quantitative estimate of drug-likeness (QED) is 0.682. The van der Waals surface area contributed by atoms with Gasteiger partial charge >= 0.3 is 0 Å². The molecule has 98 valence electrons. The van der Waals surface area contributed by atoms with E-state index in [0.29, 0.717) is 25.8 Å². The van der Waals surface area contributed by atoms with Crippen molar-refractivity contribution < 1.29 is 9.90 Å². The molecule has 1 amide bonds. The Balaban J connectivity index is 2.34. The molecule has 18 heavy (non-hydrogen) atoms. The van der Waals surface area contributed by atoms with Crippen molar-refractivity contribution in [3.05, 3.63) is 42.7 Å². The Morgan fingerprint density at radius 1 is 1.56 bits per heavy atom. The number of aliphatic hydroxyl groups is 1. The number of carbonyl (C=O) groups is 1. The number of nitrogens with one attached hydrogen (secondary N) is 1. The third-order valence-corrected chi connectivity index (χ3v) is 2.65. The maximum atomic E-state index is 11.4. The first-order valence-electron chi connectivity index (χ1n) is 6.14. The SMILES string of the molecule is C=CCCC(=O)NCC(CO)Cc1ccccn1. The fourth-order valence-electron chi connectivity index (χ4n) is 1.60. The molecule has 4 heteroatoms. The summed E-state index contributed by atoms with van der Waals surface area (Å²) < 4.78 is 0. The Bertz CT molecular complexity index is 365. The molecule has 4 nitrogen and oxygen atoms in total. The lowest BCUT2D eigenvalue weighted by Gasteiger charge is -2.14. The average molecular weight is 248 g/mol. The minimum Gasteiger partial charge on any atom is -0.396 e. The number of hydrogen-bond acceptors (Lipinski definition) is 3. The van der Waals surface area contributed by atoms with Crippen LogP contribution < -0.4 is 5.32 Å². The zero-order valence-electron chi connectivity index (χ0n) is 10.5. The second-order valence-corrected chi connectivity index (χ2v) is 4.21. The normalized spacial score (nSPS) is 11.8.